The van der Waals surface area contributed by atoms with Crippen LogP contribution >= 0.6 is 11.6 Å². The molecule has 0 heterocycles. The molecule has 0 aromatic heterocycles. The van der Waals surface area contributed by atoms with Crippen LogP contribution in [0.25, 0.3) is 0 Å². The van der Waals surface area contributed by atoms with Crippen LogP contribution in [-0.2, 0) is 0 Å². The number of hydrogen-bond donors (Lipinski definition) is 3. The van der Waals surface area contributed by atoms with Crippen molar-refractivity contribution in [2.75, 3.05) is 6.61 Å². The summed E-state index contributed by atoms with van der Waals surface area (Å²) in [5, 5.41) is 22.7. The van der Waals surface area contributed by atoms with Gasteiger partial charge in [0.1, 0.15) is 0 Å². The monoisotopic (exact) mass is 243 g/mol. The van der Waals surface area contributed by atoms with E-state index in [-0.39, 0.29) is 18.7 Å². The zero-order chi connectivity index (χ0) is 12.1. The van der Waals surface area contributed by atoms with Crippen LogP contribution in [0.2, 0.25) is 5.02 Å². The molecule has 0 amide bonds. The molecule has 90 valence electrons. The van der Waals surface area contributed by atoms with Gasteiger partial charge in [-0.3, -0.25) is 0 Å². The number of hydrogen-bond acceptors (Lipinski definition) is 3. The van der Waals surface area contributed by atoms with Crippen LogP contribution in [0.15, 0.2) is 24.3 Å². The molecule has 0 spiro atoms. The van der Waals surface area contributed by atoms with E-state index in [9.17, 15) is 5.11 Å². The lowest BCUT2D eigenvalue weighted by Gasteiger charge is -2.23. The minimum atomic E-state index is -0.632. The summed E-state index contributed by atoms with van der Waals surface area (Å²) in [6.45, 7) is 3.78. The summed E-state index contributed by atoms with van der Waals surface area (Å²) in [5.74, 6) is 0. The molecule has 1 aromatic carbocycles. The average molecular weight is 244 g/mol. The summed E-state index contributed by atoms with van der Waals surface area (Å²) in [5.41, 5.74) is 0.776. The maximum atomic E-state index is 10.1. The van der Waals surface area contributed by atoms with E-state index < -0.39 is 6.10 Å². The molecule has 1 unspecified atom stereocenters. The Morgan fingerprint density at radius 1 is 1.38 bits per heavy atom. The first-order valence-corrected chi connectivity index (χ1v) is 5.73. The van der Waals surface area contributed by atoms with Gasteiger partial charge in [0.2, 0.25) is 0 Å². The summed E-state index contributed by atoms with van der Waals surface area (Å²) >= 11 is 5.86. The van der Waals surface area contributed by atoms with Crippen molar-refractivity contribution in [3.8, 4) is 0 Å². The van der Waals surface area contributed by atoms with E-state index >= 15 is 0 Å². The molecule has 4 heteroatoms. The number of aliphatic hydroxyl groups is 2. The largest absolute Gasteiger partial charge is 0.395 e. The average Bonchev–Trinajstić information content (AvgIpc) is 2.27. The van der Waals surface area contributed by atoms with Gasteiger partial charge in [-0.25, -0.2) is 0 Å². The zero-order valence-electron chi connectivity index (χ0n) is 9.52. The van der Waals surface area contributed by atoms with Gasteiger partial charge in [0, 0.05) is 17.1 Å². The van der Waals surface area contributed by atoms with E-state index in [1.54, 1.807) is 12.1 Å². The van der Waals surface area contributed by atoms with Crippen LogP contribution in [0.5, 0.6) is 0 Å². The second kappa shape index (κ2) is 6.21. The highest BCUT2D eigenvalue weighted by Gasteiger charge is 2.17. The standard InChI is InChI=1S/C12H18ClNO2/c1-8(7-15)14-9(2)12(16)10-4-3-5-11(13)6-10/h3-6,8-9,12,14-16H,7H2,1-2H3/t8?,9-,12+/m1/s1. The molecule has 3 N–H and O–H groups in total. The number of rotatable bonds is 5. The van der Waals surface area contributed by atoms with Gasteiger partial charge in [0.25, 0.3) is 0 Å². The molecule has 0 fully saturated rings. The van der Waals surface area contributed by atoms with Gasteiger partial charge in [-0.2, -0.15) is 0 Å². The highest BCUT2D eigenvalue weighted by atomic mass is 35.5. The second-order valence-electron chi connectivity index (χ2n) is 4.04. The molecular formula is C12H18ClNO2. The van der Waals surface area contributed by atoms with Crippen LogP contribution in [0.1, 0.15) is 25.5 Å². The van der Waals surface area contributed by atoms with Crippen molar-refractivity contribution < 1.29 is 10.2 Å². The van der Waals surface area contributed by atoms with Crippen molar-refractivity contribution in [3.05, 3.63) is 34.9 Å². The molecule has 0 aliphatic heterocycles. The molecule has 1 aromatic rings. The highest BCUT2D eigenvalue weighted by Crippen LogP contribution is 2.20. The molecule has 0 saturated heterocycles. The van der Waals surface area contributed by atoms with E-state index in [1.165, 1.54) is 0 Å². The number of benzene rings is 1. The minimum absolute atomic E-state index is 0.0381. The van der Waals surface area contributed by atoms with Gasteiger partial charge in [0.15, 0.2) is 0 Å². The lowest BCUT2D eigenvalue weighted by Crippen LogP contribution is -2.40. The topological polar surface area (TPSA) is 52.5 Å². The van der Waals surface area contributed by atoms with Crippen LogP contribution < -0.4 is 5.32 Å². The third-order valence-corrected chi connectivity index (χ3v) is 2.72. The fraction of sp³-hybridized carbons (Fsp3) is 0.500. The predicted octanol–water partition coefficient (Wildman–Crippen LogP) is 1.73. The third-order valence-electron chi connectivity index (χ3n) is 2.49. The summed E-state index contributed by atoms with van der Waals surface area (Å²) in [7, 11) is 0. The van der Waals surface area contributed by atoms with Gasteiger partial charge in [-0.05, 0) is 31.5 Å². The molecule has 1 rings (SSSR count). The fourth-order valence-corrected chi connectivity index (χ4v) is 1.77. The Labute approximate surface area is 101 Å². The van der Waals surface area contributed by atoms with Crippen molar-refractivity contribution in [2.24, 2.45) is 0 Å². The molecule has 3 nitrogen and oxygen atoms in total. The molecular weight excluding hydrogens is 226 g/mol. The summed E-state index contributed by atoms with van der Waals surface area (Å²) in [4.78, 5) is 0. The summed E-state index contributed by atoms with van der Waals surface area (Å²) < 4.78 is 0. The van der Waals surface area contributed by atoms with Crippen LogP contribution in [0.3, 0.4) is 0 Å². The van der Waals surface area contributed by atoms with E-state index in [2.05, 4.69) is 5.32 Å². The van der Waals surface area contributed by atoms with Crippen LogP contribution in [-0.4, -0.2) is 28.9 Å². The Bertz CT molecular complexity index is 333. The van der Waals surface area contributed by atoms with Crippen molar-refractivity contribution in [3.63, 3.8) is 0 Å². The fourth-order valence-electron chi connectivity index (χ4n) is 1.57. The van der Waals surface area contributed by atoms with Gasteiger partial charge < -0.3 is 15.5 Å². The summed E-state index contributed by atoms with van der Waals surface area (Å²) in [6, 6.07) is 6.98. The number of nitrogens with one attached hydrogen (secondary N) is 1. The van der Waals surface area contributed by atoms with Crippen molar-refractivity contribution in [2.45, 2.75) is 32.0 Å². The van der Waals surface area contributed by atoms with Crippen molar-refractivity contribution in [1.82, 2.24) is 5.32 Å². The molecule has 0 aliphatic rings. The van der Waals surface area contributed by atoms with E-state index in [4.69, 9.17) is 16.7 Å². The smallest absolute Gasteiger partial charge is 0.0940 e. The lowest BCUT2D eigenvalue weighted by molar-refractivity contribution is 0.122. The Morgan fingerprint density at radius 2 is 2.06 bits per heavy atom. The van der Waals surface area contributed by atoms with E-state index in [0.29, 0.717) is 5.02 Å². The van der Waals surface area contributed by atoms with Gasteiger partial charge in [-0.1, -0.05) is 23.7 Å². The van der Waals surface area contributed by atoms with Gasteiger partial charge >= 0.3 is 0 Å². The lowest BCUT2D eigenvalue weighted by atomic mass is 10.0. The first kappa shape index (κ1) is 13.5. The van der Waals surface area contributed by atoms with E-state index in [0.717, 1.165) is 5.56 Å². The number of aliphatic hydroxyl groups excluding tert-OH is 2. The molecule has 0 aliphatic carbocycles. The summed E-state index contributed by atoms with van der Waals surface area (Å²) in [6.07, 6.45) is -0.632. The molecule has 0 saturated carbocycles. The third kappa shape index (κ3) is 3.76. The molecule has 16 heavy (non-hydrogen) atoms. The number of halogens is 1. The predicted molar refractivity (Wildman–Crippen MR) is 65.6 cm³/mol. The van der Waals surface area contributed by atoms with Crippen molar-refractivity contribution >= 4 is 11.6 Å². The normalized spacial score (nSPS) is 16.8. The molecule has 0 bridgehead atoms. The Morgan fingerprint density at radius 3 is 2.62 bits per heavy atom. The second-order valence-corrected chi connectivity index (χ2v) is 4.48. The molecule has 0 radical (unpaired) electrons. The Kier molecular flexibility index (Phi) is 5.22. The first-order valence-electron chi connectivity index (χ1n) is 5.35. The SMILES string of the molecule is CC(CO)N[C@H](C)[C@H](O)c1cccc(Cl)c1. The van der Waals surface area contributed by atoms with Crippen molar-refractivity contribution in [1.29, 1.82) is 0 Å². The maximum Gasteiger partial charge on any atom is 0.0940 e. The van der Waals surface area contributed by atoms with Crippen LogP contribution in [0, 0.1) is 0 Å². The quantitative estimate of drug-likeness (QED) is 0.738. The Balaban J connectivity index is 2.66. The minimum Gasteiger partial charge on any atom is -0.395 e. The maximum absolute atomic E-state index is 10.1. The zero-order valence-corrected chi connectivity index (χ0v) is 10.3. The first-order chi connectivity index (χ1) is 7.54. The van der Waals surface area contributed by atoms with Gasteiger partial charge in [0.05, 0.1) is 12.7 Å². The highest BCUT2D eigenvalue weighted by molar-refractivity contribution is 6.30. The molecule has 3 atom stereocenters. The van der Waals surface area contributed by atoms with Crippen LogP contribution in [0.4, 0.5) is 0 Å². The Hall–Kier alpha value is -0.610. The van der Waals surface area contributed by atoms with Gasteiger partial charge in [-0.15, -0.1) is 0 Å². The van der Waals surface area contributed by atoms with E-state index in [1.807, 2.05) is 26.0 Å².